The van der Waals surface area contributed by atoms with Crippen LogP contribution in [0.3, 0.4) is 0 Å². The average Bonchev–Trinajstić information content (AvgIpc) is 2.76. The van der Waals surface area contributed by atoms with Crippen LogP contribution in [0.25, 0.3) is 0 Å². The largest absolute Gasteiger partial charge is 0.573 e. The van der Waals surface area contributed by atoms with Gasteiger partial charge in [-0.25, -0.2) is 4.79 Å². The number of amides is 1. The number of halogens is 3. The highest BCUT2D eigenvalue weighted by atomic mass is 19.4. The van der Waals surface area contributed by atoms with Crippen molar-refractivity contribution in [3.8, 4) is 5.75 Å². The zero-order valence-corrected chi connectivity index (χ0v) is 19.9. The Morgan fingerprint density at radius 3 is 1.97 bits per heavy atom. The van der Waals surface area contributed by atoms with Crippen molar-refractivity contribution in [1.29, 1.82) is 0 Å². The van der Waals surface area contributed by atoms with Crippen molar-refractivity contribution in [2.75, 3.05) is 33.2 Å². The number of ether oxygens (including phenoxy) is 2. The van der Waals surface area contributed by atoms with Gasteiger partial charge in [0.25, 0.3) is 0 Å². The van der Waals surface area contributed by atoms with E-state index < -0.39 is 23.5 Å². The quantitative estimate of drug-likeness (QED) is 0.591. The molecular weight excluding hydrogens is 449 g/mol. The zero-order chi connectivity index (χ0) is 25.1. The predicted octanol–water partition coefficient (Wildman–Crippen LogP) is 4.75. The van der Waals surface area contributed by atoms with E-state index in [9.17, 15) is 23.1 Å². The van der Waals surface area contributed by atoms with Gasteiger partial charge in [0.1, 0.15) is 18.0 Å². The van der Waals surface area contributed by atoms with Crippen molar-refractivity contribution >= 4 is 6.09 Å². The first kappa shape index (κ1) is 25.8. The van der Waals surface area contributed by atoms with Crippen LogP contribution in [-0.4, -0.2) is 60.6 Å². The Balaban J connectivity index is 1.86. The van der Waals surface area contributed by atoms with Crippen LogP contribution >= 0.6 is 0 Å². The molecule has 0 bridgehead atoms. The lowest BCUT2D eigenvalue weighted by Gasteiger charge is -2.56. The second-order valence-electron chi connectivity index (χ2n) is 8.94. The van der Waals surface area contributed by atoms with E-state index in [1.165, 1.54) is 24.3 Å². The lowest BCUT2D eigenvalue weighted by atomic mass is 9.62. The summed E-state index contributed by atoms with van der Waals surface area (Å²) in [5.41, 5.74) is -0.182. The normalized spacial score (nSPS) is 17.4. The number of rotatable bonds is 8. The monoisotopic (exact) mass is 480 g/mol. The minimum absolute atomic E-state index is 0.0948. The SMILES string of the molecule is CCN(CC)C(=O)OCc1ccc(C(O)(c2ccc(OC(F)(F)F)cc2)C2(C)CN(C)C2)cc1. The molecule has 0 aromatic heterocycles. The minimum atomic E-state index is -4.79. The van der Waals surface area contributed by atoms with Crippen molar-refractivity contribution in [3.63, 3.8) is 0 Å². The number of carbonyl (C=O) groups is 1. The Morgan fingerprint density at radius 2 is 1.53 bits per heavy atom. The Morgan fingerprint density at radius 1 is 1.03 bits per heavy atom. The van der Waals surface area contributed by atoms with Gasteiger partial charge in [-0.2, -0.15) is 0 Å². The molecule has 1 aliphatic rings. The molecule has 0 spiro atoms. The first-order valence-electron chi connectivity index (χ1n) is 11.2. The van der Waals surface area contributed by atoms with Crippen molar-refractivity contribution in [3.05, 3.63) is 65.2 Å². The van der Waals surface area contributed by atoms with E-state index in [4.69, 9.17) is 4.74 Å². The summed E-state index contributed by atoms with van der Waals surface area (Å²) in [6, 6.07) is 12.4. The number of nitrogens with zero attached hydrogens (tertiary/aromatic N) is 2. The highest BCUT2D eigenvalue weighted by Gasteiger charge is 2.55. The molecule has 9 heteroatoms. The van der Waals surface area contributed by atoms with E-state index in [0.717, 1.165) is 5.56 Å². The number of alkyl halides is 3. The number of hydrogen-bond donors (Lipinski definition) is 1. The molecule has 1 aliphatic heterocycles. The number of likely N-dealkylation sites (tertiary alicyclic amines) is 1. The molecule has 34 heavy (non-hydrogen) atoms. The maximum atomic E-state index is 12.6. The molecule has 186 valence electrons. The average molecular weight is 481 g/mol. The molecule has 1 atom stereocenters. The lowest BCUT2D eigenvalue weighted by molar-refractivity contribution is -0.274. The number of aliphatic hydroxyl groups is 1. The molecule has 1 saturated heterocycles. The summed E-state index contributed by atoms with van der Waals surface area (Å²) in [7, 11) is 1.94. The van der Waals surface area contributed by atoms with Crippen molar-refractivity contribution < 1.29 is 32.5 Å². The Kier molecular flexibility index (Phi) is 7.47. The smallest absolute Gasteiger partial charge is 0.445 e. The number of carbonyl (C=O) groups excluding carboxylic acids is 1. The van der Waals surface area contributed by atoms with Gasteiger partial charge in [-0.05, 0) is 49.7 Å². The Hall–Kier alpha value is -2.78. The summed E-state index contributed by atoms with van der Waals surface area (Å²) >= 11 is 0. The fraction of sp³-hybridized carbons (Fsp3) is 0.480. The van der Waals surface area contributed by atoms with Gasteiger partial charge in [0.05, 0.1) is 0 Å². The van der Waals surface area contributed by atoms with Crippen LogP contribution in [0.4, 0.5) is 18.0 Å². The molecule has 1 fully saturated rings. The Labute approximate surface area is 197 Å². The van der Waals surface area contributed by atoms with Gasteiger partial charge >= 0.3 is 12.5 Å². The van der Waals surface area contributed by atoms with Crippen LogP contribution in [-0.2, 0) is 16.9 Å². The summed E-state index contributed by atoms with van der Waals surface area (Å²) < 4.78 is 47.0. The van der Waals surface area contributed by atoms with Crippen molar-refractivity contribution in [1.82, 2.24) is 9.80 Å². The third-order valence-corrected chi connectivity index (χ3v) is 6.37. The summed E-state index contributed by atoms with van der Waals surface area (Å²) in [6.07, 6.45) is -5.18. The zero-order valence-electron chi connectivity index (χ0n) is 19.9. The molecule has 6 nitrogen and oxygen atoms in total. The lowest BCUT2D eigenvalue weighted by Crippen LogP contribution is -2.63. The van der Waals surface area contributed by atoms with Gasteiger partial charge in [-0.15, -0.1) is 13.2 Å². The fourth-order valence-electron chi connectivity index (χ4n) is 4.70. The van der Waals surface area contributed by atoms with E-state index in [1.54, 1.807) is 29.2 Å². The molecule has 3 rings (SSSR count). The van der Waals surface area contributed by atoms with Crippen LogP contribution in [0.2, 0.25) is 0 Å². The van der Waals surface area contributed by atoms with Crippen LogP contribution in [0.1, 0.15) is 37.5 Å². The second kappa shape index (κ2) is 9.84. The molecular formula is C25H31F3N2O4. The van der Waals surface area contributed by atoms with Gasteiger partial charge in [-0.1, -0.05) is 43.3 Å². The Bertz CT molecular complexity index is 969. The molecule has 1 amide bonds. The van der Waals surface area contributed by atoms with Crippen LogP contribution in [0.5, 0.6) is 5.75 Å². The first-order chi connectivity index (χ1) is 15.9. The molecule has 2 aromatic carbocycles. The molecule has 1 heterocycles. The van der Waals surface area contributed by atoms with Crippen LogP contribution in [0.15, 0.2) is 48.5 Å². The summed E-state index contributed by atoms with van der Waals surface area (Å²) in [5, 5.41) is 12.0. The summed E-state index contributed by atoms with van der Waals surface area (Å²) in [5.74, 6) is -0.347. The highest BCUT2D eigenvalue weighted by molar-refractivity contribution is 5.67. The third-order valence-electron chi connectivity index (χ3n) is 6.37. The summed E-state index contributed by atoms with van der Waals surface area (Å²) in [4.78, 5) is 15.7. The van der Waals surface area contributed by atoms with Crippen LogP contribution in [0, 0.1) is 5.41 Å². The van der Waals surface area contributed by atoms with Crippen molar-refractivity contribution in [2.45, 2.75) is 39.3 Å². The van der Waals surface area contributed by atoms with E-state index in [2.05, 4.69) is 9.64 Å². The predicted molar refractivity (Wildman–Crippen MR) is 121 cm³/mol. The second-order valence-corrected chi connectivity index (χ2v) is 8.94. The van der Waals surface area contributed by atoms with Gasteiger partial charge in [0.15, 0.2) is 0 Å². The van der Waals surface area contributed by atoms with Gasteiger partial charge in [0.2, 0.25) is 0 Å². The van der Waals surface area contributed by atoms with E-state index in [0.29, 0.717) is 37.3 Å². The molecule has 1 unspecified atom stereocenters. The molecule has 0 radical (unpaired) electrons. The third kappa shape index (κ3) is 5.31. The maximum Gasteiger partial charge on any atom is 0.573 e. The minimum Gasteiger partial charge on any atom is -0.445 e. The molecule has 0 saturated carbocycles. The van der Waals surface area contributed by atoms with Gasteiger partial charge in [-0.3, -0.25) is 0 Å². The number of hydrogen-bond acceptors (Lipinski definition) is 5. The van der Waals surface area contributed by atoms with E-state index >= 15 is 0 Å². The summed E-state index contributed by atoms with van der Waals surface area (Å²) in [6.45, 7) is 8.12. The van der Waals surface area contributed by atoms with Crippen molar-refractivity contribution in [2.24, 2.45) is 5.41 Å². The van der Waals surface area contributed by atoms with Crippen LogP contribution < -0.4 is 4.74 Å². The first-order valence-corrected chi connectivity index (χ1v) is 11.2. The fourth-order valence-corrected chi connectivity index (χ4v) is 4.70. The van der Waals surface area contributed by atoms with Gasteiger partial charge < -0.3 is 24.4 Å². The maximum absolute atomic E-state index is 12.6. The standard InChI is InChI=1S/C25H31F3N2O4/c1-5-30(6-2)22(31)33-15-18-7-9-19(10-8-18)24(32,23(3)16-29(4)17-23)20-11-13-21(14-12-20)34-25(26,27)28/h7-14,32H,5-6,15-17H2,1-4H3. The topological polar surface area (TPSA) is 62.2 Å². The van der Waals surface area contributed by atoms with Gasteiger partial charge in [0, 0.05) is 31.6 Å². The van der Waals surface area contributed by atoms with E-state index in [1.807, 2.05) is 27.8 Å². The molecule has 1 N–H and O–H groups in total. The van der Waals surface area contributed by atoms with E-state index in [-0.39, 0.29) is 12.4 Å². The molecule has 0 aliphatic carbocycles. The molecule has 2 aromatic rings. The highest BCUT2D eigenvalue weighted by Crippen LogP contribution is 2.50. The number of benzene rings is 2.